The van der Waals surface area contributed by atoms with Crippen LogP contribution in [-0.2, 0) is 19.0 Å². The second-order valence-corrected chi connectivity index (χ2v) is 12.2. The molecular formula is C39H40N6O8S. The van der Waals surface area contributed by atoms with Crippen molar-refractivity contribution < 1.29 is 44.3 Å². The average molecular weight is 753 g/mol. The Kier molecular flexibility index (Phi) is 16.3. The van der Waals surface area contributed by atoms with Gasteiger partial charge in [-0.2, -0.15) is 9.76 Å². The first-order chi connectivity index (χ1) is 25.9. The van der Waals surface area contributed by atoms with Gasteiger partial charge in [0.15, 0.2) is 0 Å². The molecule has 2 aromatic heterocycles. The molecule has 15 heteroatoms. The maximum Gasteiger partial charge on any atom is 0.347 e. The van der Waals surface area contributed by atoms with Crippen LogP contribution >= 0.6 is 12.0 Å². The lowest BCUT2D eigenvalue weighted by Gasteiger charge is -2.16. The highest BCUT2D eigenvalue weighted by molar-refractivity contribution is 7.94. The number of ether oxygens (including phenoxy) is 1. The van der Waals surface area contributed by atoms with Crippen LogP contribution in [0.25, 0.3) is 22.4 Å². The van der Waals surface area contributed by atoms with Gasteiger partial charge >= 0.3 is 5.97 Å². The van der Waals surface area contributed by atoms with E-state index in [4.69, 9.17) is 9.72 Å². The Morgan fingerprint density at radius 1 is 0.870 bits per heavy atom. The lowest BCUT2D eigenvalue weighted by atomic mass is 10.0. The van der Waals surface area contributed by atoms with Crippen molar-refractivity contribution in [1.29, 1.82) is 0 Å². The van der Waals surface area contributed by atoms with Gasteiger partial charge in [0.05, 0.1) is 36.1 Å². The van der Waals surface area contributed by atoms with Crippen molar-refractivity contribution in [2.75, 3.05) is 6.61 Å². The van der Waals surface area contributed by atoms with Crippen LogP contribution in [0.3, 0.4) is 0 Å². The van der Waals surface area contributed by atoms with Gasteiger partial charge in [0.1, 0.15) is 0 Å². The van der Waals surface area contributed by atoms with Gasteiger partial charge in [-0.3, -0.25) is 14.6 Å². The third-order valence-corrected chi connectivity index (χ3v) is 8.32. The number of unbranched alkanes of at least 4 members (excludes halogenated alkanes) is 2. The minimum Gasteiger partial charge on any atom is -0.691 e. The standard InChI is InChI=1S/C38H36N6O8S.CH4/c45-34(18-8-3-11-21-50-35-23-30(26-12-4-1-5-13-26)22-31(41-35)27-14-6-2-7-15-27)42-36(38(47)48)43-37(46)29-19-20-33(39-24-29)44-40-25-28-16-9-10-17-32(28)53-52-51-49;/h1-2,4-7,9-10,12-17,19-20,22-25,36,49H,3,8,11,18,21H2,(H,39,44)(H,42,45)(H,43,46)(H,47,48);1H4/b40-25+;. The molecule has 3 aromatic carbocycles. The number of hydrogen-bond acceptors (Lipinski definition) is 11. The van der Waals surface area contributed by atoms with Gasteiger partial charge in [0.2, 0.25) is 18.0 Å². The minimum absolute atomic E-state index is 0. The molecule has 5 rings (SSSR count). The Hall–Kier alpha value is -5.97. The fourth-order valence-electron chi connectivity index (χ4n) is 5.01. The largest absolute Gasteiger partial charge is 0.691 e. The number of amides is 2. The molecule has 1 unspecified atom stereocenters. The van der Waals surface area contributed by atoms with Gasteiger partial charge in [0.25, 0.3) is 11.7 Å². The van der Waals surface area contributed by atoms with E-state index in [0.717, 1.165) is 34.4 Å². The molecule has 5 aromatic rings. The van der Waals surface area contributed by atoms with Crippen molar-refractivity contribution >= 4 is 41.9 Å². The zero-order valence-electron chi connectivity index (χ0n) is 28.3. The Bertz CT molecular complexity index is 1930. The lowest BCUT2D eigenvalue weighted by molar-refractivity contribution is -0.777. The number of nitrogens with zero attached hydrogens (tertiary/aromatic N) is 3. The summed E-state index contributed by atoms with van der Waals surface area (Å²) in [5, 5.41) is 32.0. The van der Waals surface area contributed by atoms with Crippen LogP contribution in [-0.4, -0.2) is 51.8 Å². The molecular weight excluding hydrogens is 713 g/mol. The number of nitrogens with two attached hydrogens (primary N) is 1. The number of nitrogens with one attached hydrogen (secondary N) is 2. The SMILES string of the molecule is C.O=C(CCCCCOc1cc(-c2ccccc2)cc(-c2ccccc2)n1)NC(NC(=O)c1ccc([NH2+]/N=C/c2ccccc2SOO[O-])nc1)C(=O)O. The molecule has 5 N–H and O–H groups in total. The van der Waals surface area contributed by atoms with Crippen LogP contribution < -0.4 is 26.1 Å². The molecule has 14 nitrogen and oxygen atoms in total. The molecule has 0 saturated carbocycles. The van der Waals surface area contributed by atoms with Crippen molar-refractivity contribution in [3.05, 3.63) is 127 Å². The third-order valence-electron chi connectivity index (χ3n) is 7.64. The Morgan fingerprint density at radius 2 is 1.59 bits per heavy atom. The van der Waals surface area contributed by atoms with Gasteiger partial charge in [-0.1, -0.05) is 91.4 Å². The van der Waals surface area contributed by atoms with Crippen LogP contribution in [0.4, 0.5) is 5.82 Å². The Balaban J connectivity index is 0.00000650. The fourth-order valence-corrected chi connectivity index (χ4v) is 5.46. The predicted molar refractivity (Wildman–Crippen MR) is 201 cm³/mol. The first-order valence-corrected chi connectivity index (χ1v) is 17.3. The van der Waals surface area contributed by atoms with E-state index in [1.807, 2.05) is 72.8 Å². The molecule has 54 heavy (non-hydrogen) atoms. The van der Waals surface area contributed by atoms with E-state index in [-0.39, 0.29) is 19.4 Å². The summed E-state index contributed by atoms with van der Waals surface area (Å²) in [5.41, 5.74) is 6.00. The normalized spacial score (nSPS) is 11.4. The van der Waals surface area contributed by atoms with Gasteiger partial charge in [-0.25, -0.2) is 14.8 Å². The minimum atomic E-state index is -1.63. The number of benzene rings is 3. The number of carbonyl (C=O) groups is 3. The summed E-state index contributed by atoms with van der Waals surface area (Å²) in [6, 6.07) is 33.8. The van der Waals surface area contributed by atoms with Crippen LogP contribution in [0, 0.1) is 0 Å². The van der Waals surface area contributed by atoms with Crippen molar-refractivity contribution in [2.45, 2.75) is 44.2 Å². The van der Waals surface area contributed by atoms with Crippen molar-refractivity contribution in [2.24, 2.45) is 5.10 Å². The quantitative estimate of drug-likeness (QED) is 0.0172. The number of aliphatic carboxylic acids is 1. The summed E-state index contributed by atoms with van der Waals surface area (Å²) in [5.74, 6) is -1.75. The molecule has 0 spiro atoms. The number of rotatable bonds is 19. The van der Waals surface area contributed by atoms with Crippen LogP contribution in [0.1, 0.15) is 49.0 Å². The van der Waals surface area contributed by atoms with E-state index in [2.05, 4.69) is 30.1 Å². The number of carboxylic acid groups (broad SMARTS) is 1. The van der Waals surface area contributed by atoms with E-state index in [9.17, 15) is 24.7 Å². The monoisotopic (exact) mass is 752 g/mol. The zero-order chi connectivity index (χ0) is 37.3. The van der Waals surface area contributed by atoms with Gasteiger partial charge in [-0.15, -0.1) is 0 Å². The van der Waals surface area contributed by atoms with Crippen LogP contribution in [0.2, 0.25) is 0 Å². The molecule has 0 radical (unpaired) electrons. The van der Waals surface area contributed by atoms with E-state index in [1.165, 1.54) is 30.0 Å². The number of aromatic nitrogens is 2. The second kappa shape index (κ2) is 21.5. The average Bonchev–Trinajstić information content (AvgIpc) is 3.19. The van der Waals surface area contributed by atoms with E-state index < -0.39 is 23.9 Å². The number of quaternary nitrogens is 1. The molecule has 0 saturated heterocycles. The molecule has 1 atom stereocenters. The third kappa shape index (κ3) is 12.6. The van der Waals surface area contributed by atoms with Crippen molar-refractivity contribution in [3.8, 4) is 28.3 Å². The molecule has 0 fully saturated rings. The van der Waals surface area contributed by atoms with Crippen LogP contribution in [0.5, 0.6) is 5.88 Å². The molecule has 0 aliphatic rings. The first kappa shape index (κ1) is 40.8. The second-order valence-electron chi connectivity index (χ2n) is 11.4. The highest BCUT2D eigenvalue weighted by Crippen LogP contribution is 2.29. The number of carboxylic acids is 1. The Labute approximate surface area is 316 Å². The number of carbonyl (C=O) groups excluding carboxylic acids is 2. The van der Waals surface area contributed by atoms with Gasteiger partial charge in [0, 0.05) is 40.8 Å². The lowest BCUT2D eigenvalue weighted by Crippen LogP contribution is -2.71. The maximum atomic E-state index is 12.8. The first-order valence-electron chi connectivity index (χ1n) is 16.5. The molecule has 2 amide bonds. The topological polar surface area (TPSA) is 201 Å². The molecule has 0 aliphatic heterocycles. The number of pyridine rings is 2. The van der Waals surface area contributed by atoms with Gasteiger partial charge in [-0.05, 0) is 48.6 Å². The zero-order valence-corrected chi connectivity index (χ0v) is 29.1. The summed E-state index contributed by atoms with van der Waals surface area (Å²) in [7, 11) is 0. The molecule has 0 bridgehead atoms. The summed E-state index contributed by atoms with van der Waals surface area (Å²) < 4.78 is 10.4. The number of hydrogen-bond donors (Lipinski definition) is 4. The van der Waals surface area contributed by atoms with Crippen LogP contribution in [0.15, 0.2) is 125 Å². The summed E-state index contributed by atoms with van der Waals surface area (Å²) in [6.45, 7) is 0.383. The molecule has 280 valence electrons. The summed E-state index contributed by atoms with van der Waals surface area (Å²) >= 11 is 0.739. The molecule has 2 heterocycles. The predicted octanol–water partition coefficient (Wildman–Crippen LogP) is 4.80. The summed E-state index contributed by atoms with van der Waals surface area (Å²) in [6.07, 6.45) is 3.00. The van der Waals surface area contributed by atoms with Crippen molar-refractivity contribution in [1.82, 2.24) is 20.6 Å². The van der Waals surface area contributed by atoms with Crippen molar-refractivity contribution in [3.63, 3.8) is 0 Å². The highest BCUT2D eigenvalue weighted by atomic mass is 32.2. The van der Waals surface area contributed by atoms with E-state index in [0.29, 0.717) is 48.0 Å². The smallest absolute Gasteiger partial charge is 0.347 e. The highest BCUT2D eigenvalue weighted by Gasteiger charge is 2.23. The van der Waals surface area contributed by atoms with E-state index in [1.54, 1.807) is 24.3 Å². The molecule has 0 aliphatic carbocycles. The summed E-state index contributed by atoms with van der Waals surface area (Å²) in [4.78, 5) is 46.6. The van der Waals surface area contributed by atoms with E-state index >= 15 is 0 Å². The fraction of sp³-hybridized carbons (Fsp3) is 0.179. The maximum absolute atomic E-state index is 12.8. The van der Waals surface area contributed by atoms with Gasteiger partial charge < -0.3 is 25.7 Å². The Morgan fingerprint density at radius 3 is 2.30 bits per heavy atom.